The number of hydrogen-bond donors (Lipinski definition) is 1. The summed E-state index contributed by atoms with van der Waals surface area (Å²) in [6.45, 7) is -1.94. The number of amides is 2. The molecule has 0 spiro atoms. The van der Waals surface area contributed by atoms with Crippen molar-refractivity contribution in [3.05, 3.63) is 23.8 Å². The maximum absolute atomic E-state index is 12.5. The molecule has 1 N–H and O–H groups in total. The van der Waals surface area contributed by atoms with Crippen molar-refractivity contribution in [3.8, 4) is 11.5 Å². The molecule has 1 aromatic rings. The van der Waals surface area contributed by atoms with E-state index in [4.69, 9.17) is 4.74 Å². The van der Waals surface area contributed by atoms with Gasteiger partial charge in [0.05, 0.1) is 19.2 Å². The highest BCUT2D eigenvalue weighted by Crippen LogP contribution is 2.32. The van der Waals surface area contributed by atoms with Crippen LogP contribution in [-0.2, 0) is 4.79 Å². The molecule has 0 radical (unpaired) electrons. The van der Waals surface area contributed by atoms with Crippen LogP contribution in [0.25, 0.3) is 0 Å². The van der Waals surface area contributed by atoms with E-state index in [1.165, 1.54) is 25.3 Å². The molecule has 1 aromatic carbocycles. The normalized spacial score (nSPS) is 14.0. The lowest BCUT2D eigenvalue weighted by molar-refractivity contribution is -0.129. The molecule has 0 aliphatic carbocycles. The summed E-state index contributed by atoms with van der Waals surface area (Å²) in [7, 11) is 1.28. The zero-order valence-corrected chi connectivity index (χ0v) is 12.7. The summed E-state index contributed by atoms with van der Waals surface area (Å²) in [5.74, 6) is -1.21. The van der Waals surface area contributed by atoms with Crippen molar-refractivity contribution in [2.75, 3.05) is 26.7 Å². The molecule has 126 valence electrons. The molecule has 6 nitrogen and oxygen atoms in total. The third-order valence-corrected chi connectivity index (χ3v) is 3.51. The Morgan fingerprint density at radius 3 is 2.61 bits per heavy atom. The fraction of sp³-hybridized carbons (Fsp3) is 0.467. The highest BCUT2D eigenvalue weighted by molar-refractivity contribution is 5.99. The summed E-state index contributed by atoms with van der Waals surface area (Å²) in [5, 5.41) is 2.43. The molecular formula is C15H18F2N2O4. The molecule has 1 aliphatic rings. The van der Waals surface area contributed by atoms with Gasteiger partial charge >= 0.3 is 6.61 Å². The number of carbonyl (C=O) groups excluding carboxylic acids is 2. The second kappa shape index (κ2) is 7.75. The topological polar surface area (TPSA) is 67.9 Å². The molecule has 1 heterocycles. The second-order valence-electron chi connectivity index (χ2n) is 4.99. The van der Waals surface area contributed by atoms with Crippen LogP contribution in [0.15, 0.2) is 18.2 Å². The van der Waals surface area contributed by atoms with Crippen LogP contribution in [0.4, 0.5) is 8.78 Å². The van der Waals surface area contributed by atoms with Crippen molar-refractivity contribution >= 4 is 11.8 Å². The van der Waals surface area contributed by atoms with E-state index in [0.29, 0.717) is 13.1 Å². The van der Waals surface area contributed by atoms with Crippen molar-refractivity contribution in [2.45, 2.75) is 19.5 Å². The van der Waals surface area contributed by atoms with Crippen LogP contribution in [-0.4, -0.2) is 50.1 Å². The number of hydrogen-bond acceptors (Lipinski definition) is 4. The van der Waals surface area contributed by atoms with Crippen LogP contribution in [0.5, 0.6) is 11.5 Å². The van der Waals surface area contributed by atoms with Gasteiger partial charge in [-0.3, -0.25) is 9.59 Å². The zero-order chi connectivity index (χ0) is 16.8. The number of methoxy groups -OCH3 is 1. The Morgan fingerprint density at radius 1 is 1.30 bits per heavy atom. The zero-order valence-electron chi connectivity index (χ0n) is 12.7. The number of nitrogens with zero attached hydrogens (tertiary/aromatic N) is 1. The van der Waals surface area contributed by atoms with Gasteiger partial charge in [0.1, 0.15) is 0 Å². The highest BCUT2D eigenvalue weighted by Gasteiger charge is 2.22. The number of carbonyl (C=O) groups is 2. The monoisotopic (exact) mass is 328 g/mol. The van der Waals surface area contributed by atoms with Crippen molar-refractivity contribution in [1.29, 1.82) is 0 Å². The average molecular weight is 328 g/mol. The van der Waals surface area contributed by atoms with E-state index in [2.05, 4.69) is 10.1 Å². The number of benzene rings is 1. The van der Waals surface area contributed by atoms with Crippen molar-refractivity contribution in [1.82, 2.24) is 10.2 Å². The number of nitrogens with one attached hydrogen (secondary N) is 1. The van der Waals surface area contributed by atoms with E-state index in [1.54, 1.807) is 4.90 Å². The van der Waals surface area contributed by atoms with Crippen molar-refractivity contribution < 1.29 is 27.8 Å². The summed E-state index contributed by atoms with van der Waals surface area (Å²) < 4.78 is 34.4. The van der Waals surface area contributed by atoms with Crippen LogP contribution in [0.3, 0.4) is 0 Å². The Kier molecular flexibility index (Phi) is 5.72. The van der Waals surface area contributed by atoms with Gasteiger partial charge in [0.25, 0.3) is 5.91 Å². The molecule has 1 fully saturated rings. The molecule has 0 bridgehead atoms. The van der Waals surface area contributed by atoms with E-state index in [1.807, 2.05) is 0 Å². The molecule has 0 aromatic heterocycles. The molecule has 2 rings (SSSR count). The third kappa shape index (κ3) is 4.30. The maximum Gasteiger partial charge on any atom is 0.387 e. The van der Waals surface area contributed by atoms with E-state index >= 15 is 0 Å². The minimum absolute atomic E-state index is 0.0174. The lowest BCUT2D eigenvalue weighted by Crippen LogP contribution is -2.38. The third-order valence-electron chi connectivity index (χ3n) is 3.51. The Bertz CT molecular complexity index is 575. The van der Waals surface area contributed by atoms with Gasteiger partial charge in [0.15, 0.2) is 11.5 Å². The average Bonchev–Trinajstić information content (AvgIpc) is 3.06. The standard InChI is InChI=1S/C15H18F2N2O4/c1-22-11-6-4-5-10(13(11)23-15(16)17)14(21)18-9-12(20)19-7-2-3-8-19/h4-6,15H,2-3,7-9H2,1H3,(H,18,21). The SMILES string of the molecule is COc1cccc(C(=O)NCC(=O)N2CCCC2)c1OC(F)F. The molecule has 0 saturated carbocycles. The molecule has 23 heavy (non-hydrogen) atoms. The smallest absolute Gasteiger partial charge is 0.387 e. The van der Waals surface area contributed by atoms with Gasteiger partial charge in [-0.2, -0.15) is 8.78 Å². The van der Waals surface area contributed by atoms with Gasteiger partial charge < -0.3 is 19.7 Å². The lowest BCUT2D eigenvalue weighted by atomic mass is 10.1. The lowest BCUT2D eigenvalue weighted by Gasteiger charge is -2.17. The number of para-hydroxylation sites is 1. The first-order valence-corrected chi connectivity index (χ1v) is 7.20. The predicted molar refractivity (Wildman–Crippen MR) is 77.8 cm³/mol. The molecule has 8 heteroatoms. The Morgan fingerprint density at radius 2 is 2.00 bits per heavy atom. The summed E-state index contributed by atoms with van der Waals surface area (Å²) in [6, 6.07) is 4.22. The minimum atomic E-state index is -3.09. The molecule has 0 atom stereocenters. The molecular weight excluding hydrogens is 310 g/mol. The summed E-state index contributed by atoms with van der Waals surface area (Å²) in [4.78, 5) is 25.7. The quantitative estimate of drug-likeness (QED) is 0.862. The van der Waals surface area contributed by atoms with E-state index in [-0.39, 0.29) is 29.5 Å². The maximum atomic E-state index is 12.5. The first-order valence-electron chi connectivity index (χ1n) is 7.20. The summed E-state index contributed by atoms with van der Waals surface area (Å²) in [5.41, 5.74) is -0.112. The predicted octanol–water partition coefficient (Wildman–Crippen LogP) is 1.65. The van der Waals surface area contributed by atoms with E-state index in [0.717, 1.165) is 12.8 Å². The number of likely N-dealkylation sites (tertiary alicyclic amines) is 1. The molecule has 0 unspecified atom stereocenters. The van der Waals surface area contributed by atoms with Gasteiger partial charge in [0.2, 0.25) is 5.91 Å². The van der Waals surface area contributed by atoms with Crippen LogP contribution in [0, 0.1) is 0 Å². The minimum Gasteiger partial charge on any atom is -0.493 e. The number of halogens is 2. The van der Waals surface area contributed by atoms with Gasteiger partial charge in [-0.25, -0.2) is 0 Å². The van der Waals surface area contributed by atoms with Crippen LogP contribution in [0.2, 0.25) is 0 Å². The fourth-order valence-electron chi connectivity index (χ4n) is 2.40. The molecule has 1 aliphatic heterocycles. The van der Waals surface area contributed by atoms with Gasteiger partial charge in [-0.1, -0.05) is 6.07 Å². The first kappa shape index (κ1) is 17.0. The summed E-state index contributed by atoms with van der Waals surface area (Å²) >= 11 is 0. The van der Waals surface area contributed by atoms with Gasteiger partial charge in [-0.15, -0.1) is 0 Å². The van der Waals surface area contributed by atoms with Crippen LogP contribution < -0.4 is 14.8 Å². The van der Waals surface area contributed by atoms with Gasteiger partial charge in [-0.05, 0) is 25.0 Å². The van der Waals surface area contributed by atoms with Crippen molar-refractivity contribution in [3.63, 3.8) is 0 Å². The fourth-order valence-corrected chi connectivity index (χ4v) is 2.40. The second-order valence-corrected chi connectivity index (χ2v) is 4.99. The molecule has 2 amide bonds. The Hall–Kier alpha value is -2.38. The summed E-state index contributed by atoms with van der Waals surface area (Å²) in [6.07, 6.45) is 1.89. The first-order chi connectivity index (χ1) is 11.0. The Labute approximate surface area is 132 Å². The van der Waals surface area contributed by atoms with Crippen LogP contribution in [0.1, 0.15) is 23.2 Å². The van der Waals surface area contributed by atoms with Crippen molar-refractivity contribution in [2.24, 2.45) is 0 Å². The van der Waals surface area contributed by atoms with E-state index < -0.39 is 12.5 Å². The van der Waals surface area contributed by atoms with Gasteiger partial charge in [0, 0.05) is 13.1 Å². The largest absolute Gasteiger partial charge is 0.493 e. The highest BCUT2D eigenvalue weighted by atomic mass is 19.3. The van der Waals surface area contributed by atoms with Crippen LogP contribution >= 0.6 is 0 Å². The number of ether oxygens (including phenoxy) is 2. The number of alkyl halides is 2. The Balaban J connectivity index is 2.07. The molecule has 1 saturated heterocycles. The number of rotatable bonds is 6. The van der Waals surface area contributed by atoms with E-state index in [9.17, 15) is 18.4 Å².